The molecule has 0 N–H and O–H groups in total. The van der Waals surface area contributed by atoms with Gasteiger partial charge in [-0.3, -0.25) is 4.79 Å². The number of carbonyl (C=O) groups is 1. The highest BCUT2D eigenvalue weighted by molar-refractivity contribution is 7.13. The fourth-order valence-corrected chi connectivity index (χ4v) is 5.23. The van der Waals surface area contributed by atoms with E-state index in [0.717, 1.165) is 30.3 Å². The van der Waals surface area contributed by atoms with E-state index in [0.29, 0.717) is 11.8 Å². The Morgan fingerprint density at radius 1 is 1.40 bits per heavy atom. The lowest BCUT2D eigenvalue weighted by Gasteiger charge is -2.42. The molecule has 1 unspecified atom stereocenters. The van der Waals surface area contributed by atoms with Crippen molar-refractivity contribution in [3.8, 4) is 0 Å². The van der Waals surface area contributed by atoms with E-state index in [9.17, 15) is 4.79 Å². The van der Waals surface area contributed by atoms with Gasteiger partial charge >= 0.3 is 0 Å². The van der Waals surface area contributed by atoms with Gasteiger partial charge in [-0.15, -0.1) is 21.5 Å². The summed E-state index contributed by atoms with van der Waals surface area (Å²) >= 11 is 1.59. The Morgan fingerprint density at radius 3 is 2.80 bits per heavy atom. The first kappa shape index (κ1) is 16.8. The summed E-state index contributed by atoms with van der Waals surface area (Å²) in [7, 11) is 0. The molecule has 25 heavy (non-hydrogen) atoms. The Bertz CT molecular complexity index is 774. The van der Waals surface area contributed by atoms with Crippen LogP contribution >= 0.6 is 11.3 Å². The van der Waals surface area contributed by atoms with E-state index in [4.69, 9.17) is 0 Å². The Kier molecular flexibility index (Phi) is 4.18. The van der Waals surface area contributed by atoms with Crippen LogP contribution in [0.25, 0.3) is 0 Å². The van der Waals surface area contributed by atoms with Gasteiger partial charge in [0.05, 0.1) is 4.88 Å². The molecule has 2 aromatic heterocycles. The molecular weight excluding hydrogens is 332 g/mol. The summed E-state index contributed by atoms with van der Waals surface area (Å²) in [5.74, 6) is 2.13. The van der Waals surface area contributed by atoms with Crippen LogP contribution in [-0.4, -0.2) is 38.7 Å². The summed E-state index contributed by atoms with van der Waals surface area (Å²) in [6.45, 7) is 9.05. The number of likely N-dealkylation sites (tertiary alicyclic amines) is 1. The molecule has 1 aliphatic heterocycles. The number of aromatic nitrogens is 3. The lowest BCUT2D eigenvalue weighted by atomic mass is 9.62. The number of rotatable bonds is 4. The molecule has 0 aromatic carbocycles. The van der Waals surface area contributed by atoms with Gasteiger partial charge in [-0.25, -0.2) is 0 Å². The molecule has 2 aliphatic rings. The number of thiophene rings is 1. The topological polar surface area (TPSA) is 51.0 Å². The fourth-order valence-electron chi connectivity index (χ4n) is 4.39. The minimum Gasteiger partial charge on any atom is -0.337 e. The molecule has 1 atom stereocenters. The molecule has 2 aromatic rings. The van der Waals surface area contributed by atoms with Crippen LogP contribution in [0.15, 0.2) is 18.5 Å². The Labute approximate surface area is 153 Å². The van der Waals surface area contributed by atoms with E-state index in [-0.39, 0.29) is 11.3 Å². The van der Waals surface area contributed by atoms with Gasteiger partial charge in [-0.1, -0.05) is 20.3 Å². The summed E-state index contributed by atoms with van der Waals surface area (Å²) in [5.41, 5.74) is 0.212. The van der Waals surface area contributed by atoms with Gasteiger partial charge in [-0.05, 0) is 43.2 Å². The number of hydrogen-bond donors (Lipinski definition) is 0. The number of nitrogens with zero attached hydrogens (tertiary/aromatic N) is 4. The first-order chi connectivity index (χ1) is 12.0. The van der Waals surface area contributed by atoms with Crippen molar-refractivity contribution in [2.24, 2.45) is 11.3 Å². The van der Waals surface area contributed by atoms with Crippen LogP contribution in [-0.2, 0) is 6.54 Å². The van der Waals surface area contributed by atoms with Crippen LogP contribution in [0, 0.1) is 18.3 Å². The maximum atomic E-state index is 13.0. The summed E-state index contributed by atoms with van der Waals surface area (Å²) in [4.78, 5) is 17.1. The summed E-state index contributed by atoms with van der Waals surface area (Å²) < 4.78 is 2.21. The Hall–Kier alpha value is -1.69. The molecule has 1 spiro atoms. The SMILES string of the molecule is Cc1ccc(C(=O)N2CC(c3nncn3CC(C)C)C3(CCC3)C2)s1. The molecule has 134 valence electrons. The zero-order valence-electron chi connectivity index (χ0n) is 15.2. The average molecular weight is 359 g/mol. The quantitative estimate of drug-likeness (QED) is 0.837. The molecule has 5 nitrogen and oxygen atoms in total. The minimum atomic E-state index is 0.182. The number of aryl methyl sites for hydroxylation is 1. The van der Waals surface area contributed by atoms with Crippen molar-refractivity contribution in [2.45, 2.75) is 52.5 Å². The van der Waals surface area contributed by atoms with E-state index in [1.807, 2.05) is 18.5 Å². The monoisotopic (exact) mass is 358 g/mol. The molecule has 1 aliphatic carbocycles. The molecule has 1 saturated carbocycles. The maximum Gasteiger partial charge on any atom is 0.263 e. The highest BCUT2D eigenvalue weighted by Crippen LogP contribution is 2.55. The molecule has 1 amide bonds. The summed E-state index contributed by atoms with van der Waals surface area (Å²) in [5, 5.41) is 8.66. The van der Waals surface area contributed by atoms with E-state index < -0.39 is 0 Å². The lowest BCUT2D eigenvalue weighted by Crippen LogP contribution is -2.38. The van der Waals surface area contributed by atoms with Crippen molar-refractivity contribution >= 4 is 17.2 Å². The molecule has 4 rings (SSSR count). The van der Waals surface area contributed by atoms with E-state index in [1.165, 1.54) is 24.1 Å². The largest absolute Gasteiger partial charge is 0.337 e. The smallest absolute Gasteiger partial charge is 0.263 e. The number of amides is 1. The van der Waals surface area contributed by atoms with E-state index >= 15 is 0 Å². The molecule has 0 radical (unpaired) electrons. The van der Waals surface area contributed by atoms with E-state index in [1.54, 1.807) is 11.3 Å². The van der Waals surface area contributed by atoms with Crippen LogP contribution in [0.5, 0.6) is 0 Å². The van der Waals surface area contributed by atoms with Crippen molar-refractivity contribution in [1.82, 2.24) is 19.7 Å². The number of hydrogen-bond acceptors (Lipinski definition) is 4. The molecule has 0 bridgehead atoms. The van der Waals surface area contributed by atoms with Gasteiger partial charge in [-0.2, -0.15) is 0 Å². The van der Waals surface area contributed by atoms with Gasteiger partial charge in [0.2, 0.25) is 0 Å². The van der Waals surface area contributed by atoms with Crippen molar-refractivity contribution < 1.29 is 4.79 Å². The average Bonchev–Trinajstić information content (AvgIpc) is 3.22. The van der Waals surface area contributed by atoms with Crippen LogP contribution in [0.3, 0.4) is 0 Å². The predicted molar refractivity (Wildman–Crippen MR) is 98.8 cm³/mol. The normalized spacial score (nSPS) is 21.9. The molecule has 3 heterocycles. The highest BCUT2D eigenvalue weighted by Gasteiger charge is 2.53. The van der Waals surface area contributed by atoms with Crippen molar-refractivity contribution in [3.63, 3.8) is 0 Å². The van der Waals surface area contributed by atoms with Crippen molar-refractivity contribution in [1.29, 1.82) is 0 Å². The Morgan fingerprint density at radius 2 is 2.20 bits per heavy atom. The van der Waals surface area contributed by atoms with Crippen molar-refractivity contribution in [3.05, 3.63) is 34.0 Å². The van der Waals surface area contributed by atoms with Crippen LogP contribution in [0.2, 0.25) is 0 Å². The third kappa shape index (κ3) is 2.90. The fraction of sp³-hybridized carbons (Fsp3) is 0.632. The van der Waals surface area contributed by atoms with Gasteiger partial charge < -0.3 is 9.47 Å². The second-order valence-corrected chi connectivity index (χ2v) is 9.39. The minimum absolute atomic E-state index is 0.182. The first-order valence-corrected chi connectivity index (χ1v) is 10.0. The standard InChI is InChI=1S/C19H26N4OS/c1-13(2)9-23-12-20-21-17(23)15-10-22(11-19(15)7-4-8-19)18(24)16-6-5-14(3)25-16/h5-6,12-13,15H,4,7-11H2,1-3H3. The molecular formula is C19H26N4OS. The Balaban J connectivity index is 1.60. The lowest BCUT2D eigenvalue weighted by molar-refractivity contribution is 0.0727. The number of carbonyl (C=O) groups excluding carboxylic acids is 1. The molecule has 6 heteroatoms. The van der Waals surface area contributed by atoms with Gasteiger partial charge in [0.25, 0.3) is 5.91 Å². The first-order valence-electron chi connectivity index (χ1n) is 9.22. The van der Waals surface area contributed by atoms with Crippen LogP contribution < -0.4 is 0 Å². The van der Waals surface area contributed by atoms with Gasteiger partial charge in [0.1, 0.15) is 12.2 Å². The summed E-state index contributed by atoms with van der Waals surface area (Å²) in [6.07, 6.45) is 5.50. The van der Waals surface area contributed by atoms with E-state index in [2.05, 4.69) is 40.4 Å². The van der Waals surface area contributed by atoms with Gasteiger partial charge in [0.15, 0.2) is 0 Å². The predicted octanol–water partition coefficient (Wildman–Crippen LogP) is 3.71. The molecule has 1 saturated heterocycles. The van der Waals surface area contributed by atoms with Crippen LogP contribution in [0.4, 0.5) is 0 Å². The van der Waals surface area contributed by atoms with Crippen LogP contribution in [0.1, 0.15) is 59.4 Å². The second-order valence-electron chi connectivity index (χ2n) is 8.10. The zero-order valence-corrected chi connectivity index (χ0v) is 16.1. The zero-order chi connectivity index (χ0) is 17.6. The summed E-state index contributed by atoms with van der Waals surface area (Å²) in [6, 6.07) is 3.99. The van der Waals surface area contributed by atoms with Gasteiger partial charge in [0, 0.05) is 30.4 Å². The second kappa shape index (κ2) is 6.24. The van der Waals surface area contributed by atoms with Crippen molar-refractivity contribution in [2.75, 3.05) is 13.1 Å². The maximum absolute atomic E-state index is 13.0. The third-order valence-corrected chi connectivity index (χ3v) is 6.74. The highest BCUT2D eigenvalue weighted by atomic mass is 32.1. The third-order valence-electron chi connectivity index (χ3n) is 5.75. The molecule has 2 fully saturated rings.